The molecule has 0 saturated heterocycles. The number of hydrogen-bond donors (Lipinski definition) is 3. The molecule has 2 amide bonds. The molecule has 0 aromatic heterocycles. The van der Waals surface area contributed by atoms with E-state index in [0.717, 1.165) is 0 Å². The predicted molar refractivity (Wildman–Crippen MR) is 50.2 cm³/mol. The van der Waals surface area contributed by atoms with Crippen molar-refractivity contribution < 1.29 is 9.59 Å². The van der Waals surface area contributed by atoms with Crippen LogP contribution in [-0.2, 0) is 9.59 Å². The fourth-order valence-electron chi connectivity index (χ4n) is 0.694. The van der Waals surface area contributed by atoms with Crippen LogP contribution < -0.4 is 10.6 Å². The van der Waals surface area contributed by atoms with Gasteiger partial charge >= 0.3 is 0 Å². The van der Waals surface area contributed by atoms with Crippen LogP contribution in [0, 0.1) is 0 Å². The van der Waals surface area contributed by atoms with Crippen LogP contribution in [0.15, 0.2) is 0 Å². The monoisotopic (exact) mass is 190 g/mol. The quantitative estimate of drug-likeness (QED) is 0.289. The van der Waals surface area contributed by atoms with Gasteiger partial charge in [-0.15, -0.1) is 0 Å². The molecule has 5 heteroatoms. The van der Waals surface area contributed by atoms with Crippen molar-refractivity contribution >= 4 is 24.9 Å². The first-order chi connectivity index (χ1) is 5.81. The lowest BCUT2D eigenvalue weighted by Gasteiger charge is -2.01. The van der Waals surface area contributed by atoms with E-state index in [1.807, 2.05) is 0 Å². The van der Waals surface area contributed by atoms with Gasteiger partial charge in [-0.2, -0.15) is 12.6 Å². The molecule has 4 nitrogen and oxygen atoms in total. The number of amides is 2. The Balaban J connectivity index is 3.13. The van der Waals surface area contributed by atoms with Crippen molar-refractivity contribution in [3.05, 3.63) is 0 Å². The highest BCUT2D eigenvalue weighted by Crippen LogP contribution is 1.85. The maximum Gasteiger partial charge on any atom is 0.220 e. The van der Waals surface area contributed by atoms with E-state index in [9.17, 15) is 9.59 Å². The van der Waals surface area contributed by atoms with Gasteiger partial charge < -0.3 is 10.6 Å². The summed E-state index contributed by atoms with van der Waals surface area (Å²) in [5.74, 6) is 0.662. The highest BCUT2D eigenvalue weighted by molar-refractivity contribution is 7.80. The van der Waals surface area contributed by atoms with Crippen molar-refractivity contribution in [2.75, 3.05) is 18.8 Å². The Bertz CT molecular complexity index is 141. The lowest BCUT2D eigenvalue weighted by Crippen LogP contribution is -2.26. The Morgan fingerprint density at radius 1 is 1.42 bits per heavy atom. The van der Waals surface area contributed by atoms with Gasteiger partial charge in [0.2, 0.25) is 12.3 Å². The van der Waals surface area contributed by atoms with Gasteiger partial charge in [0.25, 0.3) is 0 Å². The van der Waals surface area contributed by atoms with Crippen LogP contribution in [0.2, 0.25) is 0 Å². The molecule has 0 aromatic carbocycles. The second-order valence-corrected chi connectivity index (χ2v) is 2.70. The molecular formula is C7H14N2O2S. The van der Waals surface area contributed by atoms with Crippen LogP contribution in [0.3, 0.4) is 0 Å². The first kappa shape index (κ1) is 11.3. The molecule has 12 heavy (non-hydrogen) atoms. The van der Waals surface area contributed by atoms with Crippen molar-refractivity contribution in [2.24, 2.45) is 0 Å². The summed E-state index contributed by atoms with van der Waals surface area (Å²) in [6, 6.07) is 0. The summed E-state index contributed by atoms with van der Waals surface area (Å²) < 4.78 is 0. The van der Waals surface area contributed by atoms with E-state index in [1.165, 1.54) is 0 Å². The molecule has 0 aliphatic rings. The van der Waals surface area contributed by atoms with Crippen molar-refractivity contribution in [1.29, 1.82) is 0 Å². The summed E-state index contributed by atoms with van der Waals surface area (Å²) in [4.78, 5) is 20.7. The third kappa shape index (κ3) is 7.40. The van der Waals surface area contributed by atoms with Crippen LogP contribution in [0.25, 0.3) is 0 Å². The van der Waals surface area contributed by atoms with Gasteiger partial charge in [0, 0.05) is 25.3 Å². The van der Waals surface area contributed by atoms with Crippen molar-refractivity contribution in [2.45, 2.75) is 12.8 Å². The molecule has 0 unspecified atom stereocenters. The summed E-state index contributed by atoms with van der Waals surface area (Å²) >= 11 is 3.95. The molecule has 0 aromatic rings. The van der Waals surface area contributed by atoms with Crippen LogP contribution >= 0.6 is 12.6 Å². The van der Waals surface area contributed by atoms with Crippen LogP contribution in [-0.4, -0.2) is 31.2 Å². The van der Waals surface area contributed by atoms with Crippen molar-refractivity contribution in [1.82, 2.24) is 10.6 Å². The third-order valence-corrected chi connectivity index (χ3v) is 1.47. The molecule has 0 heterocycles. The Labute approximate surface area is 77.5 Å². The summed E-state index contributed by atoms with van der Waals surface area (Å²) in [5.41, 5.74) is 0. The zero-order valence-corrected chi connectivity index (χ0v) is 7.77. The van der Waals surface area contributed by atoms with Crippen molar-refractivity contribution in [3.63, 3.8) is 0 Å². The van der Waals surface area contributed by atoms with Gasteiger partial charge in [-0.05, 0) is 6.42 Å². The molecule has 0 fully saturated rings. The zero-order chi connectivity index (χ0) is 9.23. The highest BCUT2D eigenvalue weighted by atomic mass is 32.1. The normalized spacial score (nSPS) is 9.08. The molecule has 0 aliphatic carbocycles. The van der Waals surface area contributed by atoms with E-state index in [2.05, 4.69) is 23.3 Å². The Morgan fingerprint density at radius 2 is 2.17 bits per heavy atom. The van der Waals surface area contributed by atoms with Crippen LogP contribution in [0.4, 0.5) is 0 Å². The van der Waals surface area contributed by atoms with Crippen LogP contribution in [0.5, 0.6) is 0 Å². The number of carbonyl (C=O) groups is 2. The first-order valence-corrected chi connectivity index (χ1v) is 4.49. The van der Waals surface area contributed by atoms with Crippen molar-refractivity contribution in [3.8, 4) is 0 Å². The molecule has 0 bridgehead atoms. The largest absolute Gasteiger partial charge is 0.359 e. The second-order valence-electron chi connectivity index (χ2n) is 2.25. The summed E-state index contributed by atoms with van der Waals surface area (Å²) in [7, 11) is 0. The van der Waals surface area contributed by atoms with E-state index in [1.54, 1.807) is 0 Å². The van der Waals surface area contributed by atoms with Crippen LogP contribution in [0.1, 0.15) is 12.8 Å². The van der Waals surface area contributed by atoms with E-state index in [-0.39, 0.29) is 5.91 Å². The van der Waals surface area contributed by atoms with E-state index < -0.39 is 0 Å². The van der Waals surface area contributed by atoms with Gasteiger partial charge in [-0.25, -0.2) is 0 Å². The molecule has 2 N–H and O–H groups in total. The SMILES string of the molecule is O=CNCCCC(=O)NCCS. The number of carbonyl (C=O) groups excluding carboxylic acids is 2. The minimum absolute atomic E-state index is 0.0109. The number of thiol groups is 1. The molecule has 0 spiro atoms. The van der Waals surface area contributed by atoms with E-state index in [0.29, 0.717) is 38.1 Å². The first-order valence-electron chi connectivity index (χ1n) is 3.86. The summed E-state index contributed by atoms with van der Waals surface area (Å²) in [6.45, 7) is 1.15. The Morgan fingerprint density at radius 3 is 2.75 bits per heavy atom. The fourth-order valence-corrected chi connectivity index (χ4v) is 0.805. The zero-order valence-electron chi connectivity index (χ0n) is 6.88. The van der Waals surface area contributed by atoms with Gasteiger partial charge in [0.1, 0.15) is 0 Å². The predicted octanol–water partition coefficient (Wildman–Crippen LogP) is -0.441. The highest BCUT2D eigenvalue weighted by Gasteiger charge is 1.97. The molecular weight excluding hydrogens is 176 g/mol. The standard InChI is InChI=1S/C7H14N2O2S/c10-6-8-3-1-2-7(11)9-4-5-12/h6,12H,1-5H2,(H,8,10)(H,9,11). The smallest absolute Gasteiger partial charge is 0.220 e. The van der Waals surface area contributed by atoms with E-state index in [4.69, 9.17) is 0 Å². The van der Waals surface area contributed by atoms with Gasteiger partial charge in [-0.1, -0.05) is 0 Å². The molecule has 0 saturated carbocycles. The molecule has 0 radical (unpaired) electrons. The summed E-state index contributed by atoms with van der Waals surface area (Å²) in [5, 5.41) is 5.16. The number of nitrogens with one attached hydrogen (secondary N) is 2. The lowest BCUT2D eigenvalue weighted by atomic mass is 10.3. The Hall–Kier alpha value is -0.710. The molecule has 0 aliphatic heterocycles. The topological polar surface area (TPSA) is 58.2 Å². The minimum atomic E-state index is 0.0109. The molecule has 70 valence electrons. The molecule has 0 atom stereocenters. The third-order valence-electron chi connectivity index (χ3n) is 1.24. The van der Waals surface area contributed by atoms with Gasteiger partial charge in [0.15, 0.2) is 0 Å². The maximum absolute atomic E-state index is 10.9. The Kier molecular flexibility index (Phi) is 7.89. The number of rotatable bonds is 7. The summed E-state index contributed by atoms with van der Waals surface area (Å²) in [6.07, 6.45) is 1.76. The maximum atomic E-state index is 10.9. The second kappa shape index (κ2) is 8.39. The van der Waals surface area contributed by atoms with Gasteiger partial charge in [0.05, 0.1) is 0 Å². The fraction of sp³-hybridized carbons (Fsp3) is 0.714. The lowest BCUT2D eigenvalue weighted by molar-refractivity contribution is -0.121. The average molecular weight is 190 g/mol. The average Bonchev–Trinajstić information content (AvgIpc) is 2.09. The van der Waals surface area contributed by atoms with Gasteiger partial charge in [-0.3, -0.25) is 9.59 Å². The van der Waals surface area contributed by atoms with E-state index >= 15 is 0 Å². The number of hydrogen-bond acceptors (Lipinski definition) is 3. The molecule has 0 rings (SSSR count). The minimum Gasteiger partial charge on any atom is -0.359 e.